The summed E-state index contributed by atoms with van der Waals surface area (Å²) in [6.07, 6.45) is 0. The number of aromatic amines is 1. The van der Waals surface area contributed by atoms with E-state index in [0.717, 1.165) is 12.1 Å². The molecule has 6 nitrogen and oxygen atoms in total. The van der Waals surface area contributed by atoms with Crippen LogP contribution >= 0.6 is 0 Å². The molecule has 0 saturated carbocycles. The Kier molecular flexibility index (Phi) is 5.96. The van der Waals surface area contributed by atoms with E-state index in [-0.39, 0.29) is 17.1 Å². The molecular weight excluding hydrogens is 401 g/mol. The summed E-state index contributed by atoms with van der Waals surface area (Å²) in [6.45, 7) is -6.16. The number of hydrogen-bond donors (Lipinski definition) is 2. The number of nitrogens with zero attached hydrogens (tertiary/aromatic N) is 1. The molecule has 0 aliphatic rings. The maximum Gasteiger partial charge on any atom is 0.387 e. The number of benzene rings is 2. The van der Waals surface area contributed by atoms with Crippen LogP contribution in [0.5, 0.6) is 11.5 Å². The zero-order valence-corrected chi connectivity index (χ0v) is 14.3. The van der Waals surface area contributed by atoms with Gasteiger partial charge in [0.1, 0.15) is 17.3 Å². The van der Waals surface area contributed by atoms with Gasteiger partial charge < -0.3 is 14.8 Å². The molecule has 3 aromatic rings. The van der Waals surface area contributed by atoms with E-state index < -0.39 is 30.7 Å². The van der Waals surface area contributed by atoms with Crippen molar-refractivity contribution in [2.75, 3.05) is 5.32 Å². The van der Waals surface area contributed by atoms with Gasteiger partial charge in [0, 0.05) is 11.6 Å². The average Bonchev–Trinajstić information content (AvgIpc) is 3.14. The van der Waals surface area contributed by atoms with Crippen LogP contribution in [0.15, 0.2) is 48.5 Å². The molecule has 0 spiro atoms. The standard InChI is InChI=1S/C18H12F5N3O3/c19-10-3-6-12(15(7-10)29-18(22)23)24-16(27)14-8-13(25-26-14)9-1-4-11(5-2-9)28-17(20)21/h1-8,17-18H,(H,24,27)(H,25,26). The Labute approximate surface area is 160 Å². The minimum absolute atomic E-state index is 0.0276. The number of hydrogen-bond acceptors (Lipinski definition) is 4. The lowest BCUT2D eigenvalue weighted by molar-refractivity contribution is -0.0503. The van der Waals surface area contributed by atoms with Crippen molar-refractivity contribution in [2.45, 2.75) is 13.2 Å². The van der Waals surface area contributed by atoms with E-state index in [9.17, 15) is 26.7 Å². The van der Waals surface area contributed by atoms with Gasteiger partial charge in [0.05, 0.1) is 11.4 Å². The Balaban J connectivity index is 1.75. The molecule has 0 radical (unpaired) electrons. The number of nitrogens with one attached hydrogen (secondary N) is 2. The molecule has 0 fully saturated rings. The molecule has 2 N–H and O–H groups in total. The average molecular weight is 413 g/mol. The van der Waals surface area contributed by atoms with Gasteiger partial charge in [-0.15, -0.1) is 0 Å². The molecule has 1 aromatic heterocycles. The molecule has 0 aliphatic carbocycles. The van der Waals surface area contributed by atoms with Crippen molar-refractivity contribution in [1.82, 2.24) is 10.2 Å². The molecule has 1 heterocycles. The van der Waals surface area contributed by atoms with Crippen LogP contribution in [0.25, 0.3) is 11.3 Å². The summed E-state index contributed by atoms with van der Waals surface area (Å²) < 4.78 is 71.0. The second-order valence-corrected chi connectivity index (χ2v) is 5.54. The number of anilines is 1. The van der Waals surface area contributed by atoms with Gasteiger partial charge in [-0.1, -0.05) is 0 Å². The quantitative estimate of drug-likeness (QED) is 0.552. The zero-order chi connectivity index (χ0) is 21.0. The first-order valence-corrected chi connectivity index (χ1v) is 7.98. The summed E-state index contributed by atoms with van der Waals surface area (Å²) >= 11 is 0. The van der Waals surface area contributed by atoms with Gasteiger partial charge >= 0.3 is 13.2 Å². The second-order valence-electron chi connectivity index (χ2n) is 5.54. The summed E-state index contributed by atoms with van der Waals surface area (Å²) in [5.41, 5.74) is 0.633. The van der Waals surface area contributed by atoms with Crippen LogP contribution in [0, 0.1) is 5.82 Å². The zero-order valence-electron chi connectivity index (χ0n) is 14.3. The molecule has 0 unspecified atom stereocenters. The molecule has 1 amide bonds. The number of H-pyrrole nitrogens is 1. The number of ether oxygens (including phenoxy) is 2. The smallest absolute Gasteiger partial charge is 0.387 e. The minimum Gasteiger partial charge on any atom is -0.435 e. The van der Waals surface area contributed by atoms with Gasteiger partial charge in [0.25, 0.3) is 5.91 Å². The normalized spacial score (nSPS) is 11.0. The van der Waals surface area contributed by atoms with Crippen molar-refractivity contribution >= 4 is 11.6 Å². The highest BCUT2D eigenvalue weighted by atomic mass is 19.3. The van der Waals surface area contributed by atoms with Crippen molar-refractivity contribution in [3.8, 4) is 22.8 Å². The highest BCUT2D eigenvalue weighted by Gasteiger charge is 2.16. The number of halogens is 5. The maximum absolute atomic E-state index is 13.2. The number of carbonyl (C=O) groups excluding carboxylic acids is 1. The lowest BCUT2D eigenvalue weighted by atomic mass is 10.1. The van der Waals surface area contributed by atoms with Crippen molar-refractivity contribution in [2.24, 2.45) is 0 Å². The first-order chi connectivity index (χ1) is 13.8. The number of rotatable bonds is 7. The van der Waals surface area contributed by atoms with Crippen molar-refractivity contribution in [3.05, 3.63) is 60.0 Å². The monoisotopic (exact) mass is 413 g/mol. The second kappa shape index (κ2) is 8.59. The van der Waals surface area contributed by atoms with Crippen LogP contribution in [0.2, 0.25) is 0 Å². The van der Waals surface area contributed by atoms with E-state index in [0.29, 0.717) is 17.3 Å². The summed E-state index contributed by atoms with van der Waals surface area (Å²) in [6, 6.07) is 9.65. The highest BCUT2D eigenvalue weighted by Crippen LogP contribution is 2.28. The van der Waals surface area contributed by atoms with Crippen LogP contribution in [0.1, 0.15) is 10.5 Å². The molecule has 29 heavy (non-hydrogen) atoms. The summed E-state index contributed by atoms with van der Waals surface area (Å²) in [5.74, 6) is -2.14. The van der Waals surface area contributed by atoms with Gasteiger partial charge in [-0.3, -0.25) is 9.89 Å². The molecule has 0 saturated heterocycles. The summed E-state index contributed by atoms with van der Waals surface area (Å²) in [7, 11) is 0. The van der Waals surface area contributed by atoms with E-state index in [4.69, 9.17) is 0 Å². The summed E-state index contributed by atoms with van der Waals surface area (Å²) in [4.78, 5) is 12.3. The van der Waals surface area contributed by atoms with Crippen LogP contribution in [-0.4, -0.2) is 29.3 Å². The first kappa shape index (κ1) is 20.1. The predicted molar refractivity (Wildman–Crippen MR) is 91.6 cm³/mol. The SMILES string of the molecule is O=C(Nc1ccc(F)cc1OC(F)F)c1cc(-c2ccc(OC(F)F)cc2)n[nH]1. The van der Waals surface area contributed by atoms with Gasteiger partial charge in [0.15, 0.2) is 5.75 Å². The largest absolute Gasteiger partial charge is 0.435 e. The van der Waals surface area contributed by atoms with Crippen molar-refractivity contribution in [1.29, 1.82) is 0 Å². The number of alkyl halides is 4. The lowest BCUT2D eigenvalue weighted by Gasteiger charge is -2.11. The third-order valence-corrected chi connectivity index (χ3v) is 3.61. The van der Waals surface area contributed by atoms with Crippen LogP contribution in [-0.2, 0) is 0 Å². The van der Waals surface area contributed by atoms with E-state index in [2.05, 4.69) is 25.0 Å². The van der Waals surface area contributed by atoms with Gasteiger partial charge in [-0.2, -0.15) is 22.7 Å². The lowest BCUT2D eigenvalue weighted by Crippen LogP contribution is -2.14. The number of aromatic nitrogens is 2. The molecule has 3 rings (SSSR count). The topological polar surface area (TPSA) is 76.2 Å². The third-order valence-electron chi connectivity index (χ3n) is 3.61. The molecular formula is C18H12F5N3O3. The predicted octanol–water partition coefficient (Wildman–Crippen LogP) is 4.67. The Hall–Kier alpha value is -3.63. The molecule has 152 valence electrons. The number of carbonyl (C=O) groups is 1. The fourth-order valence-corrected chi connectivity index (χ4v) is 2.38. The van der Waals surface area contributed by atoms with E-state index in [1.165, 1.54) is 30.3 Å². The van der Waals surface area contributed by atoms with E-state index in [1.807, 2.05) is 0 Å². The summed E-state index contributed by atoms with van der Waals surface area (Å²) in [5, 5.41) is 8.72. The van der Waals surface area contributed by atoms with Crippen LogP contribution in [0.3, 0.4) is 0 Å². The molecule has 11 heteroatoms. The van der Waals surface area contributed by atoms with Crippen LogP contribution in [0.4, 0.5) is 27.6 Å². The Bertz CT molecular complexity index is 993. The minimum atomic E-state index is -3.21. The Morgan fingerprint density at radius 1 is 0.966 bits per heavy atom. The third kappa shape index (κ3) is 5.21. The maximum atomic E-state index is 13.2. The molecule has 0 bridgehead atoms. The molecule has 2 aromatic carbocycles. The van der Waals surface area contributed by atoms with Crippen molar-refractivity contribution < 1.29 is 36.2 Å². The highest BCUT2D eigenvalue weighted by molar-refractivity contribution is 6.04. The fourth-order valence-electron chi connectivity index (χ4n) is 2.38. The Morgan fingerprint density at radius 2 is 1.66 bits per heavy atom. The van der Waals surface area contributed by atoms with Crippen molar-refractivity contribution in [3.63, 3.8) is 0 Å². The Morgan fingerprint density at radius 3 is 2.31 bits per heavy atom. The van der Waals surface area contributed by atoms with Gasteiger partial charge in [-0.25, -0.2) is 4.39 Å². The number of amides is 1. The van der Waals surface area contributed by atoms with E-state index in [1.54, 1.807) is 0 Å². The first-order valence-electron chi connectivity index (χ1n) is 7.98. The fraction of sp³-hybridized carbons (Fsp3) is 0.111. The van der Waals surface area contributed by atoms with Crippen LogP contribution < -0.4 is 14.8 Å². The van der Waals surface area contributed by atoms with Gasteiger partial charge in [0.2, 0.25) is 0 Å². The van der Waals surface area contributed by atoms with Gasteiger partial charge in [-0.05, 0) is 42.5 Å². The molecule has 0 aliphatic heterocycles. The van der Waals surface area contributed by atoms with E-state index >= 15 is 0 Å². The molecule has 0 atom stereocenters.